The van der Waals surface area contributed by atoms with Crippen molar-refractivity contribution >= 4 is 12.1 Å². The number of nitrogens with two attached hydrogens (primary N) is 1. The number of aliphatic hydroxyl groups is 1. The lowest BCUT2D eigenvalue weighted by Gasteiger charge is -2.36. The highest BCUT2D eigenvalue weighted by Crippen LogP contribution is 2.24. The molecule has 2 aliphatic rings. The smallest absolute Gasteiger partial charge is 0.242 e. The molecule has 2 fully saturated rings. The summed E-state index contributed by atoms with van der Waals surface area (Å²) in [5.41, 5.74) is 7.73. The van der Waals surface area contributed by atoms with Gasteiger partial charge in [-0.05, 0) is 43.6 Å². The first-order chi connectivity index (χ1) is 15.9. The van der Waals surface area contributed by atoms with Gasteiger partial charge in [0, 0.05) is 31.9 Å². The molecule has 6 nitrogen and oxygen atoms in total. The van der Waals surface area contributed by atoms with Crippen LogP contribution >= 0.6 is 0 Å². The monoisotopic (exact) mass is 457 g/mol. The Morgan fingerprint density at radius 3 is 2.45 bits per heavy atom. The average Bonchev–Trinajstić information content (AvgIpc) is 2.85. The molecule has 4 N–H and O–H groups in total. The van der Waals surface area contributed by atoms with E-state index in [0.29, 0.717) is 12.2 Å². The molecule has 184 valence electrons. The van der Waals surface area contributed by atoms with Gasteiger partial charge in [0.15, 0.2) is 6.29 Å². The molecule has 0 spiro atoms. The van der Waals surface area contributed by atoms with E-state index < -0.39 is 11.9 Å². The molecule has 1 aromatic rings. The third-order valence-corrected chi connectivity index (χ3v) is 6.76. The number of aliphatic hydroxyl groups excluding tert-OH is 1. The van der Waals surface area contributed by atoms with Crippen LogP contribution in [0.3, 0.4) is 0 Å². The molecule has 6 heteroatoms. The maximum Gasteiger partial charge on any atom is 0.242 e. The Morgan fingerprint density at radius 1 is 1.18 bits per heavy atom. The second-order valence-electron chi connectivity index (χ2n) is 9.60. The quantitative estimate of drug-likeness (QED) is 0.299. The van der Waals surface area contributed by atoms with Crippen LogP contribution in [0.25, 0.3) is 0 Å². The molecule has 1 saturated carbocycles. The Bertz CT molecular complexity index is 744. The summed E-state index contributed by atoms with van der Waals surface area (Å²) in [5.74, 6) is 0.939. The van der Waals surface area contributed by atoms with Crippen molar-refractivity contribution in [1.29, 1.82) is 0 Å². The number of carbonyl (C=O) groups excluding carboxylic acids is 2. The summed E-state index contributed by atoms with van der Waals surface area (Å²) in [6.07, 6.45) is 10.2. The maximum absolute atomic E-state index is 12.0. The molecule has 2 atom stereocenters. The predicted octanol–water partition coefficient (Wildman–Crippen LogP) is 3.44. The maximum atomic E-state index is 12.0. The number of aldehydes is 1. The van der Waals surface area contributed by atoms with Crippen molar-refractivity contribution in [3.05, 3.63) is 47.3 Å². The molecule has 1 aliphatic heterocycles. The van der Waals surface area contributed by atoms with Crippen molar-refractivity contribution in [1.82, 2.24) is 10.2 Å². The van der Waals surface area contributed by atoms with Gasteiger partial charge in [0.05, 0.1) is 6.10 Å². The van der Waals surface area contributed by atoms with Gasteiger partial charge in [0.1, 0.15) is 5.70 Å². The van der Waals surface area contributed by atoms with Crippen LogP contribution < -0.4 is 11.1 Å². The van der Waals surface area contributed by atoms with Gasteiger partial charge in [-0.1, -0.05) is 69.4 Å². The number of carbonyl (C=O) groups is 2. The molecule has 0 amide bonds. The number of Topliss-reactive ketones (excluding diaryl/α,β-unsaturated/α-hetero) is 1. The molecular formula is C27H43N3O3. The summed E-state index contributed by atoms with van der Waals surface area (Å²) in [7, 11) is 0. The molecule has 0 aromatic heterocycles. The van der Waals surface area contributed by atoms with Crippen LogP contribution in [0.4, 0.5) is 0 Å². The number of allylic oxidation sites excluding steroid dienone is 2. The summed E-state index contributed by atoms with van der Waals surface area (Å²) in [6, 6.07) is 10.4. The van der Waals surface area contributed by atoms with Crippen LogP contribution in [-0.2, 0) is 16.0 Å². The lowest BCUT2D eigenvalue weighted by molar-refractivity contribution is -0.127. The van der Waals surface area contributed by atoms with Crippen molar-refractivity contribution in [3.63, 3.8) is 0 Å². The zero-order valence-corrected chi connectivity index (χ0v) is 20.5. The minimum Gasteiger partial charge on any atom is -0.390 e. The summed E-state index contributed by atoms with van der Waals surface area (Å²) in [4.78, 5) is 25.2. The van der Waals surface area contributed by atoms with E-state index in [-0.39, 0.29) is 18.8 Å². The molecule has 1 heterocycles. The average molecular weight is 458 g/mol. The number of hydrogen-bond donors (Lipinski definition) is 3. The summed E-state index contributed by atoms with van der Waals surface area (Å²) in [5, 5.41) is 12.5. The van der Waals surface area contributed by atoms with Crippen LogP contribution in [0, 0.1) is 11.8 Å². The molecule has 1 saturated heterocycles. The van der Waals surface area contributed by atoms with Crippen molar-refractivity contribution in [2.45, 2.75) is 71.3 Å². The van der Waals surface area contributed by atoms with E-state index in [2.05, 4.69) is 41.4 Å². The Balaban J connectivity index is 0.000000468. The van der Waals surface area contributed by atoms with Gasteiger partial charge < -0.3 is 21.1 Å². The van der Waals surface area contributed by atoms with Gasteiger partial charge in [0.2, 0.25) is 5.78 Å². The van der Waals surface area contributed by atoms with Gasteiger partial charge in [-0.15, -0.1) is 0 Å². The zero-order chi connectivity index (χ0) is 24.1. The van der Waals surface area contributed by atoms with Crippen LogP contribution in [0.2, 0.25) is 0 Å². The first kappa shape index (κ1) is 27.1. The first-order valence-electron chi connectivity index (χ1n) is 12.6. The summed E-state index contributed by atoms with van der Waals surface area (Å²) < 4.78 is 0. The highest BCUT2D eigenvalue weighted by atomic mass is 16.3. The minimum atomic E-state index is -0.760. The highest BCUT2D eigenvalue weighted by Gasteiger charge is 2.24. The third-order valence-electron chi connectivity index (χ3n) is 6.76. The fourth-order valence-electron chi connectivity index (χ4n) is 4.70. The Labute approximate surface area is 199 Å². The van der Waals surface area contributed by atoms with Gasteiger partial charge in [-0.3, -0.25) is 9.59 Å². The molecular weight excluding hydrogens is 414 g/mol. The number of rotatable bonds is 9. The standard InChI is InChI=1S/C20H29N3O3.C7H14/c1-15(20(19(26)14-24)22-12-18(25)11-21)23-9-5-8-17(13-23)10-16-6-3-2-4-7-16;1-7-5-3-2-4-6-7/h2-4,6-7,14,17-18,22,25H,5,8-13,21H2,1H3;7H,2-6H2,1H3/b20-15-;. The van der Waals surface area contributed by atoms with Crippen molar-refractivity contribution in [2.24, 2.45) is 17.6 Å². The summed E-state index contributed by atoms with van der Waals surface area (Å²) >= 11 is 0. The zero-order valence-electron chi connectivity index (χ0n) is 20.5. The van der Waals surface area contributed by atoms with E-state index in [9.17, 15) is 14.7 Å². The van der Waals surface area contributed by atoms with E-state index >= 15 is 0 Å². The van der Waals surface area contributed by atoms with E-state index in [1.165, 1.54) is 37.7 Å². The number of benzene rings is 1. The molecule has 1 aromatic carbocycles. The Hall–Kier alpha value is -2.18. The van der Waals surface area contributed by atoms with Gasteiger partial charge >= 0.3 is 0 Å². The molecule has 0 radical (unpaired) electrons. The molecule has 33 heavy (non-hydrogen) atoms. The highest BCUT2D eigenvalue weighted by molar-refractivity contribution is 6.32. The lowest BCUT2D eigenvalue weighted by Crippen LogP contribution is -2.40. The van der Waals surface area contributed by atoms with Gasteiger partial charge in [-0.25, -0.2) is 0 Å². The third kappa shape index (κ3) is 9.68. The molecule has 3 rings (SSSR count). The topological polar surface area (TPSA) is 95.7 Å². The van der Waals surface area contributed by atoms with Gasteiger partial charge in [-0.2, -0.15) is 0 Å². The molecule has 0 bridgehead atoms. The van der Waals surface area contributed by atoms with E-state index in [1.54, 1.807) is 0 Å². The van der Waals surface area contributed by atoms with Crippen LogP contribution in [0.1, 0.15) is 64.4 Å². The van der Waals surface area contributed by atoms with E-state index in [4.69, 9.17) is 5.73 Å². The second-order valence-corrected chi connectivity index (χ2v) is 9.60. The number of likely N-dealkylation sites (tertiary alicyclic amines) is 1. The molecule has 1 aliphatic carbocycles. The predicted molar refractivity (Wildman–Crippen MR) is 134 cm³/mol. The first-order valence-corrected chi connectivity index (χ1v) is 12.6. The van der Waals surface area contributed by atoms with Crippen molar-refractivity contribution in [3.8, 4) is 0 Å². The van der Waals surface area contributed by atoms with Crippen LogP contribution in [0.5, 0.6) is 0 Å². The fraction of sp³-hybridized carbons (Fsp3) is 0.630. The fourth-order valence-corrected chi connectivity index (χ4v) is 4.70. The Kier molecular flexibility index (Phi) is 12.2. The van der Waals surface area contributed by atoms with Crippen molar-refractivity contribution in [2.75, 3.05) is 26.2 Å². The van der Waals surface area contributed by atoms with Crippen LogP contribution in [-0.4, -0.2) is 54.4 Å². The molecule has 2 unspecified atom stereocenters. The number of hydrogen-bond acceptors (Lipinski definition) is 6. The largest absolute Gasteiger partial charge is 0.390 e. The van der Waals surface area contributed by atoms with Crippen molar-refractivity contribution < 1.29 is 14.7 Å². The minimum absolute atomic E-state index is 0.0947. The normalized spacial score (nSPS) is 20.7. The number of ketones is 1. The number of nitrogens with zero attached hydrogens (tertiary/aromatic N) is 1. The van der Waals surface area contributed by atoms with Gasteiger partial charge in [0.25, 0.3) is 0 Å². The van der Waals surface area contributed by atoms with Crippen LogP contribution in [0.15, 0.2) is 41.7 Å². The lowest BCUT2D eigenvalue weighted by atomic mass is 9.91. The van der Waals surface area contributed by atoms with E-state index in [1.807, 2.05) is 13.0 Å². The Morgan fingerprint density at radius 2 is 1.88 bits per heavy atom. The SMILES string of the molecule is C/C(=C(/NCC(O)CN)C(=O)C=O)N1CCCC(Cc2ccccc2)C1.CC1CCCCC1. The second kappa shape index (κ2) is 14.9. The number of nitrogens with one attached hydrogen (secondary N) is 1. The summed E-state index contributed by atoms with van der Waals surface area (Å²) in [6.45, 7) is 6.15. The number of piperidine rings is 1. The van der Waals surface area contributed by atoms with E-state index in [0.717, 1.165) is 44.0 Å².